The summed E-state index contributed by atoms with van der Waals surface area (Å²) >= 11 is 2.99. The Kier molecular flexibility index (Phi) is 5.49. The van der Waals surface area contributed by atoms with Crippen LogP contribution in [0.4, 0.5) is 30.2 Å². The largest absolute Gasteiger partial charge is 0.416 e. The molecule has 2 aromatic carbocycles. The molecule has 0 aliphatic rings. The third-order valence-electron chi connectivity index (χ3n) is 3.55. The second-order valence-electron chi connectivity index (χ2n) is 5.30. The molecule has 0 spiro atoms. The van der Waals surface area contributed by atoms with Gasteiger partial charge in [0.1, 0.15) is 5.56 Å². The van der Waals surface area contributed by atoms with E-state index in [1.807, 2.05) is 0 Å². The molecule has 0 saturated carbocycles. The van der Waals surface area contributed by atoms with E-state index in [0.29, 0.717) is 6.07 Å². The highest BCUT2D eigenvalue weighted by atomic mass is 79.9. The maximum atomic E-state index is 12.8. The molecule has 2 aromatic rings. The fourth-order valence-corrected chi connectivity index (χ4v) is 2.53. The topological polar surface area (TPSA) is 115 Å². The van der Waals surface area contributed by atoms with Crippen LogP contribution in [0.25, 0.3) is 0 Å². The van der Waals surface area contributed by atoms with Crippen molar-refractivity contribution in [2.24, 2.45) is 0 Å². The van der Waals surface area contributed by atoms with E-state index in [1.165, 1.54) is 0 Å². The molecular formula is C15H9BrF3N3O5. The molecule has 8 nitrogen and oxygen atoms in total. The molecule has 0 fully saturated rings. The number of anilines is 1. The summed E-state index contributed by atoms with van der Waals surface area (Å²) in [5.41, 5.74) is -3.28. The van der Waals surface area contributed by atoms with Crippen LogP contribution in [-0.2, 0) is 6.18 Å². The second kappa shape index (κ2) is 7.31. The van der Waals surface area contributed by atoms with Crippen molar-refractivity contribution in [3.05, 3.63) is 71.7 Å². The first-order valence-corrected chi connectivity index (χ1v) is 7.82. The average molecular weight is 448 g/mol. The Morgan fingerprint density at radius 3 is 2.04 bits per heavy atom. The van der Waals surface area contributed by atoms with Gasteiger partial charge in [-0.2, -0.15) is 13.2 Å². The van der Waals surface area contributed by atoms with E-state index in [2.05, 4.69) is 21.2 Å². The number of nitro groups is 2. The number of alkyl halides is 3. The highest BCUT2D eigenvalue weighted by Gasteiger charge is 2.31. The first-order chi connectivity index (χ1) is 12.4. The fraction of sp³-hybridized carbons (Fsp3) is 0.133. The predicted molar refractivity (Wildman–Crippen MR) is 91.6 cm³/mol. The van der Waals surface area contributed by atoms with Gasteiger partial charge in [-0.15, -0.1) is 0 Å². The van der Waals surface area contributed by atoms with E-state index in [9.17, 15) is 38.2 Å². The number of amides is 1. The Hall–Kier alpha value is -3.02. The number of benzene rings is 2. The maximum Gasteiger partial charge on any atom is 0.416 e. The number of carbonyl (C=O) groups excluding carboxylic acids is 1. The van der Waals surface area contributed by atoms with Crippen LogP contribution in [0.5, 0.6) is 0 Å². The Balaban J connectivity index is 2.48. The second-order valence-corrected chi connectivity index (χ2v) is 6.15. The minimum atomic E-state index is -4.65. The van der Waals surface area contributed by atoms with Crippen LogP contribution in [0, 0.1) is 27.2 Å². The lowest BCUT2D eigenvalue weighted by atomic mass is 10.1. The van der Waals surface area contributed by atoms with Crippen molar-refractivity contribution in [2.45, 2.75) is 13.1 Å². The molecule has 0 radical (unpaired) electrons. The number of nitrogens with zero attached hydrogens (tertiary/aromatic N) is 2. The van der Waals surface area contributed by atoms with Crippen molar-refractivity contribution < 1.29 is 27.8 Å². The van der Waals surface area contributed by atoms with Crippen LogP contribution in [-0.4, -0.2) is 15.8 Å². The number of nitro benzene ring substituents is 2. The Bertz CT molecular complexity index is 927. The summed E-state index contributed by atoms with van der Waals surface area (Å²) in [5, 5.41) is 24.3. The zero-order chi connectivity index (χ0) is 20.5. The van der Waals surface area contributed by atoms with Gasteiger partial charge in [-0.3, -0.25) is 25.0 Å². The summed E-state index contributed by atoms with van der Waals surface area (Å²) in [6.07, 6.45) is -4.65. The lowest BCUT2D eigenvalue weighted by Crippen LogP contribution is -2.15. The number of halogens is 4. The number of hydrogen-bond acceptors (Lipinski definition) is 5. The third-order valence-corrected chi connectivity index (χ3v) is 4.24. The van der Waals surface area contributed by atoms with Gasteiger partial charge in [0.15, 0.2) is 0 Å². The molecule has 2 rings (SSSR count). The highest BCUT2D eigenvalue weighted by Crippen LogP contribution is 2.35. The molecule has 27 heavy (non-hydrogen) atoms. The van der Waals surface area contributed by atoms with Gasteiger partial charge in [0, 0.05) is 16.6 Å². The van der Waals surface area contributed by atoms with Gasteiger partial charge in [-0.05, 0) is 41.1 Å². The van der Waals surface area contributed by atoms with Gasteiger partial charge in [0.25, 0.3) is 17.3 Å². The van der Waals surface area contributed by atoms with Crippen molar-refractivity contribution in [3.63, 3.8) is 0 Å². The van der Waals surface area contributed by atoms with Crippen LogP contribution in [0.15, 0.2) is 34.8 Å². The number of nitrogens with one attached hydrogen (secondary N) is 1. The first-order valence-electron chi connectivity index (χ1n) is 7.03. The summed E-state index contributed by atoms with van der Waals surface area (Å²) in [4.78, 5) is 32.7. The van der Waals surface area contributed by atoms with Gasteiger partial charge in [-0.1, -0.05) is 0 Å². The van der Waals surface area contributed by atoms with Crippen LogP contribution < -0.4 is 5.32 Å². The van der Waals surface area contributed by atoms with Crippen LogP contribution in [0.1, 0.15) is 21.5 Å². The zero-order valence-corrected chi connectivity index (χ0v) is 14.9. The van der Waals surface area contributed by atoms with E-state index >= 15 is 0 Å². The van der Waals surface area contributed by atoms with Gasteiger partial charge < -0.3 is 5.32 Å². The van der Waals surface area contributed by atoms with Crippen LogP contribution in [0.3, 0.4) is 0 Å². The molecule has 0 bridgehead atoms. The average Bonchev–Trinajstić information content (AvgIpc) is 2.55. The first kappa shape index (κ1) is 20.3. The van der Waals surface area contributed by atoms with Crippen LogP contribution >= 0.6 is 15.9 Å². The number of hydrogen-bond donors (Lipinski definition) is 1. The van der Waals surface area contributed by atoms with E-state index < -0.39 is 44.4 Å². The quantitative estimate of drug-likeness (QED) is 0.531. The van der Waals surface area contributed by atoms with Crippen molar-refractivity contribution in [1.29, 1.82) is 0 Å². The monoisotopic (exact) mass is 447 g/mol. The molecule has 0 atom stereocenters. The third kappa shape index (κ3) is 4.39. The molecule has 1 N–H and O–H groups in total. The molecule has 0 aromatic heterocycles. The van der Waals surface area contributed by atoms with Crippen molar-refractivity contribution in [2.75, 3.05) is 5.32 Å². The fourth-order valence-electron chi connectivity index (χ4n) is 2.19. The Morgan fingerprint density at radius 2 is 1.59 bits per heavy atom. The number of rotatable bonds is 4. The summed E-state index contributed by atoms with van der Waals surface area (Å²) in [5.74, 6) is -1.04. The summed E-state index contributed by atoms with van der Waals surface area (Å²) in [6.45, 7) is 1.15. The Morgan fingerprint density at radius 1 is 1.07 bits per heavy atom. The molecule has 0 heterocycles. The molecule has 12 heteroatoms. The maximum absolute atomic E-state index is 12.8. The highest BCUT2D eigenvalue weighted by molar-refractivity contribution is 9.10. The van der Waals surface area contributed by atoms with Crippen molar-refractivity contribution in [1.82, 2.24) is 0 Å². The van der Waals surface area contributed by atoms with Crippen LogP contribution in [0.2, 0.25) is 0 Å². The van der Waals surface area contributed by atoms with E-state index in [1.54, 1.807) is 0 Å². The molecule has 142 valence electrons. The molecule has 0 saturated heterocycles. The summed E-state index contributed by atoms with van der Waals surface area (Å²) in [6, 6.07) is 4.16. The van der Waals surface area contributed by atoms with Crippen molar-refractivity contribution in [3.8, 4) is 0 Å². The van der Waals surface area contributed by atoms with Gasteiger partial charge in [0.05, 0.1) is 26.7 Å². The normalized spacial score (nSPS) is 11.1. The number of carbonyl (C=O) groups is 1. The SMILES string of the molecule is Cc1c([N+](=O)[O-])cc(C(=O)Nc2cc(C(F)(F)F)ccc2Br)cc1[N+](=O)[O-]. The van der Waals surface area contributed by atoms with E-state index in [0.717, 1.165) is 31.2 Å². The molecule has 0 aliphatic heterocycles. The van der Waals surface area contributed by atoms with Gasteiger partial charge in [-0.25, -0.2) is 0 Å². The summed E-state index contributed by atoms with van der Waals surface area (Å²) < 4.78 is 38.6. The molecule has 1 amide bonds. The zero-order valence-electron chi connectivity index (χ0n) is 13.3. The molecule has 0 aliphatic carbocycles. The lowest BCUT2D eigenvalue weighted by Gasteiger charge is -2.12. The van der Waals surface area contributed by atoms with E-state index in [-0.39, 0.29) is 15.7 Å². The predicted octanol–water partition coefficient (Wildman–Crippen LogP) is 4.85. The smallest absolute Gasteiger partial charge is 0.321 e. The lowest BCUT2D eigenvalue weighted by molar-refractivity contribution is -0.395. The standard InChI is InChI=1S/C15H9BrF3N3O5/c1-7-12(21(24)25)4-8(5-13(7)22(26)27)14(23)20-11-6-9(15(17,18)19)2-3-10(11)16/h2-6H,1H3,(H,20,23). The Labute approximate surface area is 157 Å². The van der Waals surface area contributed by atoms with Crippen molar-refractivity contribution >= 4 is 38.9 Å². The van der Waals surface area contributed by atoms with E-state index in [4.69, 9.17) is 0 Å². The summed E-state index contributed by atoms with van der Waals surface area (Å²) in [7, 11) is 0. The minimum Gasteiger partial charge on any atom is -0.321 e. The van der Waals surface area contributed by atoms with Gasteiger partial charge >= 0.3 is 6.18 Å². The van der Waals surface area contributed by atoms with Gasteiger partial charge in [0.2, 0.25) is 0 Å². The molecular weight excluding hydrogens is 439 g/mol. The minimum absolute atomic E-state index is 0.125. The molecule has 0 unspecified atom stereocenters.